The molecule has 0 aliphatic heterocycles. The van der Waals surface area contributed by atoms with Crippen molar-refractivity contribution in [3.63, 3.8) is 0 Å². The van der Waals surface area contributed by atoms with Crippen LogP contribution in [0.5, 0.6) is 0 Å². The molecule has 84 valence electrons. The summed E-state index contributed by atoms with van der Waals surface area (Å²) in [7, 11) is 1.78. The Balaban J connectivity index is 2.73. The monoisotopic (exact) mass is 213 g/mol. The van der Waals surface area contributed by atoms with Crippen molar-refractivity contribution in [2.24, 2.45) is 0 Å². The number of benzene rings is 1. The molecule has 1 unspecified atom stereocenters. The van der Waals surface area contributed by atoms with Gasteiger partial charge < -0.3 is 15.1 Å². The van der Waals surface area contributed by atoms with Gasteiger partial charge in [0.2, 0.25) is 0 Å². The highest BCUT2D eigenvalue weighted by Crippen LogP contribution is 2.17. The van der Waals surface area contributed by atoms with Crippen molar-refractivity contribution in [3.8, 4) is 0 Å². The molecule has 0 aromatic heterocycles. The molecule has 15 heavy (non-hydrogen) atoms. The van der Waals surface area contributed by atoms with Gasteiger partial charge in [-0.2, -0.15) is 0 Å². The second kappa shape index (κ2) is 5.09. The van der Waals surface area contributed by atoms with E-state index in [9.17, 15) is 9.50 Å². The predicted molar refractivity (Wildman–Crippen MR) is 57.5 cm³/mol. The number of aliphatic hydroxyl groups is 2. The number of anilines is 1. The molecule has 0 radical (unpaired) electrons. The van der Waals surface area contributed by atoms with Crippen LogP contribution in [0.15, 0.2) is 18.2 Å². The summed E-state index contributed by atoms with van der Waals surface area (Å²) < 4.78 is 13.0. The molecule has 1 aromatic rings. The van der Waals surface area contributed by atoms with E-state index in [1.807, 2.05) is 0 Å². The van der Waals surface area contributed by atoms with Gasteiger partial charge in [-0.3, -0.25) is 0 Å². The van der Waals surface area contributed by atoms with Gasteiger partial charge in [-0.25, -0.2) is 4.39 Å². The third-order valence-electron chi connectivity index (χ3n) is 2.28. The molecule has 0 saturated heterocycles. The molecule has 0 aliphatic carbocycles. The van der Waals surface area contributed by atoms with Gasteiger partial charge in [-0.1, -0.05) is 0 Å². The zero-order chi connectivity index (χ0) is 11.4. The Labute approximate surface area is 88.8 Å². The van der Waals surface area contributed by atoms with Gasteiger partial charge in [0.1, 0.15) is 5.82 Å². The first-order valence-corrected chi connectivity index (χ1v) is 4.80. The molecule has 1 rings (SSSR count). The lowest BCUT2D eigenvalue weighted by atomic mass is 10.2. The molecule has 1 aromatic carbocycles. The zero-order valence-corrected chi connectivity index (χ0v) is 8.94. The number of nitrogens with zero attached hydrogens (tertiary/aromatic N) is 1. The van der Waals surface area contributed by atoms with Gasteiger partial charge in [0.25, 0.3) is 0 Å². The Morgan fingerprint density at radius 2 is 2.13 bits per heavy atom. The Morgan fingerprint density at radius 1 is 1.47 bits per heavy atom. The van der Waals surface area contributed by atoms with Crippen molar-refractivity contribution in [2.75, 3.05) is 25.1 Å². The number of halogens is 1. The summed E-state index contributed by atoms with van der Waals surface area (Å²) in [5, 5.41) is 17.9. The molecule has 4 heteroatoms. The lowest BCUT2D eigenvalue weighted by Crippen LogP contribution is -2.31. The number of aryl methyl sites for hydroxylation is 1. The van der Waals surface area contributed by atoms with Crippen LogP contribution in [-0.2, 0) is 0 Å². The maximum absolute atomic E-state index is 13.0. The van der Waals surface area contributed by atoms with E-state index in [0.29, 0.717) is 12.1 Å². The average Bonchev–Trinajstić information content (AvgIpc) is 2.21. The van der Waals surface area contributed by atoms with E-state index in [1.165, 1.54) is 6.07 Å². The summed E-state index contributed by atoms with van der Waals surface area (Å²) in [6, 6.07) is 4.75. The molecule has 0 spiro atoms. The van der Waals surface area contributed by atoms with Gasteiger partial charge in [0.15, 0.2) is 0 Å². The number of hydrogen-bond donors (Lipinski definition) is 2. The van der Waals surface area contributed by atoms with E-state index in [4.69, 9.17) is 5.11 Å². The van der Waals surface area contributed by atoms with Crippen LogP contribution in [0.3, 0.4) is 0 Å². The minimum absolute atomic E-state index is 0.241. The summed E-state index contributed by atoms with van der Waals surface area (Å²) in [6.07, 6.45) is -0.777. The van der Waals surface area contributed by atoms with E-state index in [2.05, 4.69) is 0 Å². The summed E-state index contributed by atoms with van der Waals surface area (Å²) in [4.78, 5) is 1.77. The molecular weight excluding hydrogens is 197 g/mol. The SMILES string of the molecule is Cc1cc(N(C)CC(O)CO)ccc1F. The lowest BCUT2D eigenvalue weighted by Gasteiger charge is -2.22. The third kappa shape index (κ3) is 3.18. The lowest BCUT2D eigenvalue weighted by molar-refractivity contribution is 0.101. The topological polar surface area (TPSA) is 43.7 Å². The van der Waals surface area contributed by atoms with Crippen molar-refractivity contribution in [1.82, 2.24) is 0 Å². The standard InChI is InChI=1S/C11H16FNO2/c1-8-5-9(3-4-11(8)12)13(2)6-10(15)7-14/h3-5,10,14-15H,6-7H2,1-2H3. The van der Waals surface area contributed by atoms with Crippen LogP contribution in [-0.4, -0.2) is 36.5 Å². The summed E-state index contributed by atoms with van der Waals surface area (Å²) in [5.74, 6) is -0.241. The van der Waals surface area contributed by atoms with E-state index in [-0.39, 0.29) is 12.4 Å². The van der Waals surface area contributed by atoms with Gasteiger partial charge >= 0.3 is 0 Å². The van der Waals surface area contributed by atoms with Crippen molar-refractivity contribution < 1.29 is 14.6 Å². The maximum atomic E-state index is 13.0. The van der Waals surface area contributed by atoms with E-state index in [1.54, 1.807) is 31.0 Å². The molecule has 0 bridgehead atoms. The Hall–Kier alpha value is -1.13. The molecule has 0 saturated carbocycles. The van der Waals surface area contributed by atoms with Crippen LogP contribution in [0.25, 0.3) is 0 Å². The third-order valence-corrected chi connectivity index (χ3v) is 2.28. The van der Waals surface area contributed by atoms with Crippen LogP contribution in [0.1, 0.15) is 5.56 Å². The van der Waals surface area contributed by atoms with Crippen LogP contribution >= 0.6 is 0 Å². The molecule has 0 heterocycles. The molecule has 2 N–H and O–H groups in total. The summed E-state index contributed by atoms with van der Waals surface area (Å²) in [5.41, 5.74) is 1.39. The Morgan fingerprint density at radius 3 is 2.67 bits per heavy atom. The fraction of sp³-hybridized carbons (Fsp3) is 0.455. The van der Waals surface area contributed by atoms with Gasteiger partial charge in [-0.15, -0.1) is 0 Å². The number of hydrogen-bond acceptors (Lipinski definition) is 3. The first-order valence-electron chi connectivity index (χ1n) is 4.80. The second-order valence-electron chi connectivity index (χ2n) is 3.65. The maximum Gasteiger partial charge on any atom is 0.126 e. The zero-order valence-electron chi connectivity index (χ0n) is 8.94. The summed E-state index contributed by atoms with van der Waals surface area (Å²) in [6.45, 7) is 1.74. The molecule has 0 fully saturated rings. The van der Waals surface area contributed by atoms with E-state index in [0.717, 1.165) is 5.69 Å². The van der Waals surface area contributed by atoms with Crippen molar-refractivity contribution in [1.29, 1.82) is 0 Å². The van der Waals surface area contributed by atoms with Crippen molar-refractivity contribution in [3.05, 3.63) is 29.6 Å². The highest BCUT2D eigenvalue weighted by atomic mass is 19.1. The number of rotatable bonds is 4. The number of aliphatic hydroxyl groups excluding tert-OH is 2. The second-order valence-corrected chi connectivity index (χ2v) is 3.65. The van der Waals surface area contributed by atoms with Crippen molar-refractivity contribution >= 4 is 5.69 Å². The van der Waals surface area contributed by atoms with E-state index < -0.39 is 6.10 Å². The highest BCUT2D eigenvalue weighted by molar-refractivity contribution is 5.48. The minimum Gasteiger partial charge on any atom is -0.394 e. The Kier molecular flexibility index (Phi) is 4.05. The molecule has 3 nitrogen and oxygen atoms in total. The quantitative estimate of drug-likeness (QED) is 0.781. The minimum atomic E-state index is -0.777. The first kappa shape index (κ1) is 11.9. The molecule has 0 aliphatic rings. The molecule has 1 atom stereocenters. The first-order chi connectivity index (χ1) is 7.04. The van der Waals surface area contributed by atoms with Gasteiger partial charge in [-0.05, 0) is 30.7 Å². The smallest absolute Gasteiger partial charge is 0.126 e. The predicted octanol–water partition coefficient (Wildman–Crippen LogP) is 0.924. The summed E-state index contributed by atoms with van der Waals surface area (Å²) >= 11 is 0. The van der Waals surface area contributed by atoms with Gasteiger partial charge in [0.05, 0.1) is 12.7 Å². The fourth-order valence-electron chi connectivity index (χ4n) is 1.35. The molecular formula is C11H16FNO2. The fourth-order valence-corrected chi connectivity index (χ4v) is 1.35. The highest BCUT2D eigenvalue weighted by Gasteiger charge is 2.08. The number of likely N-dealkylation sites (N-methyl/N-ethyl adjacent to an activating group) is 1. The van der Waals surface area contributed by atoms with Crippen LogP contribution in [0, 0.1) is 12.7 Å². The average molecular weight is 213 g/mol. The van der Waals surface area contributed by atoms with Crippen LogP contribution in [0.2, 0.25) is 0 Å². The largest absolute Gasteiger partial charge is 0.394 e. The van der Waals surface area contributed by atoms with Crippen molar-refractivity contribution in [2.45, 2.75) is 13.0 Å². The normalized spacial score (nSPS) is 12.6. The van der Waals surface area contributed by atoms with Crippen LogP contribution in [0.4, 0.5) is 10.1 Å². The van der Waals surface area contributed by atoms with E-state index >= 15 is 0 Å². The van der Waals surface area contributed by atoms with Crippen LogP contribution < -0.4 is 4.90 Å². The molecule has 0 amide bonds. The van der Waals surface area contributed by atoms with Gasteiger partial charge in [0, 0.05) is 19.3 Å². The Bertz CT molecular complexity index is 330.